The molecule has 0 atom stereocenters. The third-order valence-electron chi connectivity index (χ3n) is 2.93. The zero-order valence-corrected chi connectivity index (χ0v) is 12.8. The highest BCUT2D eigenvalue weighted by Crippen LogP contribution is 2.25. The molecular weight excluding hydrogens is 323 g/mol. The van der Waals surface area contributed by atoms with E-state index in [0.717, 1.165) is 0 Å². The average molecular weight is 333 g/mol. The summed E-state index contributed by atoms with van der Waals surface area (Å²) < 4.78 is 13.2. The van der Waals surface area contributed by atoms with E-state index in [2.05, 4.69) is 10.3 Å². The van der Waals surface area contributed by atoms with E-state index in [1.54, 1.807) is 41.8 Å². The van der Waals surface area contributed by atoms with Crippen molar-refractivity contribution in [2.24, 2.45) is 0 Å². The van der Waals surface area contributed by atoms with E-state index in [-0.39, 0.29) is 11.7 Å². The van der Waals surface area contributed by atoms with Crippen LogP contribution >= 0.6 is 22.9 Å². The molecule has 0 aliphatic rings. The molecule has 1 aromatic heterocycles. The van der Waals surface area contributed by atoms with Crippen LogP contribution in [0.5, 0.6) is 0 Å². The Hall–Kier alpha value is -2.24. The predicted octanol–water partition coefficient (Wildman–Crippen LogP) is 4.85. The monoisotopic (exact) mass is 332 g/mol. The van der Waals surface area contributed by atoms with Crippen molar-refractivity contribution >= 4 is 34.0 Å². The van der Waals surface area contributed by atoms with Crippen LogP contribution in [0.4, 0.5) is 9.52 Å². The number of nitrogens with zero attached hydrogens (tertiary/aromatic N) is 1. The zero-order chi connectivity index (χ0) is 15.5. The Morgan fingerprint density at radius 2 is 2.00 bits per heavy atom. The van der Waals surface area contributed by atoms with Crippen LogP contribution in [0.3, 0.4) is 0 Å². The fourth-order valence-electron chi connectivity index (χ4n) is 1.91. The molecule has 6 heteroatoms. The second-order valence-corrected chi connectivity index (χ2v) is 5.81. The van der Waals surface area contributed by atoms with Gasteiger partial charge in [-0.2, -0.15) is 0 Å². The molecule has 1 N–H and O–H groups in total. The van der Waals surface area contributed by atoms with E-state index in [9.17, 15) is 9.18 Å². The summed E-state index contributed by atoms with van der Waals surface area (Å²) >= 11 is 7.14. The van der Waals surface area contributed by atoms with Gasteiger partial charge in [0.1, 0.15) is 5.82 Å². The lowest BCUT2D eigenvalue weighted by molar-refractivity contribution is 0.102. The van der Waals surface area contributed by atoms with Gasteiger partial charge in [-0.25, -0.2) is 9.37 Å². The number of hydrogen-bond acceptors (Lipinski definition) is 3. The molecule has 1 amide bonds. The zero-order valence-electron chi connectivity index (χ0n) is 11.2. The number of halogens is 2. The number of thiazole rings is 1. The van der Waals surface area contributed by atoms with Gasteiger partial charge in [0.2, 0.25) is 0 Å². The number of carbonyl (C=O) groups is 1. The van der Waals surface area contributed by atoms with Gasteiger partial charge in [-0.3, -0.25) is 10.1 Å². The minimum Gasteiger partial charge on any atom is -0.298 e. The molecule has 0 saturated carbocycles. The Balaban J connectivity index is 1.78. The number of rotatable bonds is 3. The molecule has 0 fully saturated rings. The summed E-state index contributed by atoms with van der Waals surface area (Å²) in [6.45, 7) is 0. The maximum atomic E-state index is 13.2. The van der Waals surface area contributed by atoms with Gasteiger partial charge in [-0.05, 0) is 30.3 Å². The van der Waals surface area contributed by atoms with E-state index < -0.39 is 0 Å². The van der Waals surface area contributed by atoms with Crippen LogP contribution in [0.25, 0.3) is 11.3 Å². The third kappa shape index (κ3) is 3.32. The van der Waals surface area contributed by atoms with Crippen molar-refractivity contribution in [2.45, 2.75) is 0 Å². The topological polar surface area (TPSA) is 42.0 Å². The normalized spacial score (nSPS) is 10.5. The maximum absolute atomic E-state index is 13.2. The molecule has 3 nitrogen and oxygen atoms in total. The number of hydrogen-bond donors (Lipinski definition) is 1. The van der Waals surface area contributed by atoms with E-state index in [1.807, 2.05) is 0 Å². The fraction of sp³-hybridized carbons (Fsp3) is 0. The van der Waals surface area contributed by atoms with Crippen molar-refractivity contribution in [1.82, 2.24) is 4.98 Å². The maximum Gasteiger partial charge on any atom is 0.257 e. The molecule has 1 heterocycles. The van der Waals surface area contributed by atoms with Crippen LogP contribution in [-0.4, -0.2) is 10.9 Å². The lowest BCUT2D eigenvalue weighted by Gasteiger charge is -2.02. The number of aromatic nitrogens is 1. The first-order chi connectivity index (χ1) is 10.6. The summed E-state index contributed by atoms with van der Waals surface area (Å²) in [5.41, 5.74) is 1.74. The highest BCUT2D eigenvalue weighted by molar-refractivity contribution is 7.14. The van der Waals surface area contributed by atoms with Gasteiger partial charge in [0.05, 0.1) is 5.69 Å². The van der Waals surface area contributed by atoms with Gasteiger partial charge >= 0.3 is 0 Å². The van der Waals surface area contributed by atoms with Crippen molar-refractivity contribution in [3.05, 3.63) is 70.3 Å². The molecule has 0 spiro atoms. The van der Waals surface area contributed by atoms with Crippen LogP contribution in [0, 0.1) is 5.82 Å². The molecule has 0 aliphatic carbocycles. The number of amides is 1. The van der Waals surface area contributed by atoms with Gasteiger partial charge in [-0.15, -0.1) is 11.3 Å². The van der Waals surface area contributed by atoms with Gasteiger partial charge in [0.25, 0.3) is 5.91 Å². The van der Waals surface area contributed by atoms with Crippen molar-refractivity contribution in [3.63, 3.8) is 0 Å². The largest absolute Gasteiger partial charge is 0.298 e. The van der Waals surface area contributed by atoms with Crippen LogP contribution in [0.2, 0.25) is 5.02 Å². The molecule has 0 aliphatic heterocycles. The molecule has 2 aromatic carbocycles. The lowest BCUT2D eigenvalue weighted by atomic mass is 10.2. The molecule has 0 saturated heterocycles. The lowest BCUT2D eigenvalue weighted by Crippen LogP contribution is -2.11. The summed E-state index contributed by atoms with van der Waals surface area (Å²) in [5.74, 6) is -0.613. The van der Waals surface area contributed by atoms with Gasteiger partial charge in [-0.1, -0.05) is 29.8 Å². The molecular formula is C16H10ClFN2OS. The fourth-order valence-corrected chi connectivity index (χ4v) is 2.82. The van der Waals surface area contributed by atoms with Crippen molar-refractivity contribution in [2.75, 3.05) is 5.32 Å². The molecule has 3 rings (SSSR count). The molecule has 0 unspecified atom stereocenters. The standard InChI is InChI=1S/C16H10ClFN2OS/c17-12-5-1-4-11(7-12)15(21)20-16-19-14(9-22-16)10-3-2-6-13(18)8-10/h1-9H,(H,19,20,21). The van der Waals surface area contributed by atoms with Crippen molar-refractivity contribution < 1.29 is 9.18 Å². The Morgan fingerprint density at radius 1 is 1.18 bits per heavy atom. The summed E-state index contributed by atoms with van der Waals surface area (Å²) in [6, 6.07) is 12.8. The van der Waals surface area contributed by atoms with E-state index >= 15 is 0 Å². The summed E-state index contributed by atoms with van der Waals surface area (Å²) in [5, 5.41) is 5.41. The van der Waals surface area contributed by atoms with Crippen molar-refractivity contribution in [1.29, 1.82) is 0 Å². The number of benzene rings is 2. The first-order valence-electron chi connectivity index (χ1n) is 6.40. The summed E-state index contributed by atoms with van der Waals surface area (Å²) in [7, 11) is 0. The van der Waals surface area contributed by atoms with Gasteiger partial charge in [0.15, 0.2) is 5.13 Å². The Kier molecular flexibility index (Phi) is 4.18. The Morgan fingerprint density at radius 3 is 2.77 bits per heavy atom. The quantitative estimate of drug-likeness (QED) is 0.744. The van der Waals surface area contributed by atoms with E-state index in [4.69, 9.17) is 11.6 Å². The van der Waals surface area contributed by atoms with Gasteiger partial charge < -0.3 is 0 Å². The van der Waals surface area contributed by atoms with Crippen LogP contribution in [0.1, 0.15) is 10.4 Å². The Bertz CT molecular complexity index is 834. The summed E-state index contributed by atoms with van der Waals surface area (Å²) in [4.78, 5) is 16.4. The SMILES string of the molecule is O=C(Nc1nc(-c2cccc(F)c2)cs1)c1cccc(Cl)c1. The van der Waals surface area contributed by atoms with Crippen LogP contribution in [-0.2, 0) is 0 Å². The minimum atomic E-state index is -0.324. The third-order valence-corrected chi connectivity index (χ3v) is 3.92. The molecule has 0 radical (unpaired) electrons. The highest BCUT2D eigenvalue weighted by Gasteiger charge is 2.10. The smallest absolute Gasteiger partial charge is 0.257 e. The first kappa shape index (κ1) is 14.7. The molecule has 22 heavy (non-hydrogen) atoms. The first-order valence-corrected chi connectivity index (χ1v) is 7.66. The number of carbonyl (C=O) groups excluding carboxylic acids is 1. The highest BCUT2D eigenvalue weighted by atomic mass is 35.5. The van der Waals surface area contributed by atoms with E-state index in [0.29, 0.717) is 27.0 Å². The number of nitrogens with one attached hydrogen (secondary N) is 1. The van der Waals surface area contributed by atoms with Gasteiger partial charge in [0, 0.05) is 21.5 Å². The van der Waals surface area contributed by atoms with Crippen molar-refractivity contribution in [3.8, 4) is 11.3 Å². The summed E-state index contributed by atoms with van der Waals surface area (Å²) in [6.07, 6.45) is 0. The molecule has 0 bridgehead atoms. The molecule has 3 aromatic rings. The predicted molar refractivity (Wildman–Crippen MR) is 86.9 cm³/mol. The van der Waals surface area contributed by atoms with E-state index in [1.165, 1.54) is 23.5 Å². The molecule has 110 valence electrons. The minimum absolute atomic E-state index is 0.289. The van der Waals surface area contributed by atoms with Crippen LogP contribution in [0.15, 0.2) is 53.9 Å². The second-order valence-electron chi connectivity index (χ2n) is 4.51. The average Bonchev–Trinajstić information content (AvgIpc) is 2.96. The van der Waals surface area contributed by atoms with Crippen LogP contribution < -0.4 is 5.32 Å². The Labute approximate surface area is 135 Å². The number of anilines is 1. The second kappa shape index (κ2) is 6.25.